The number of carboxylic acids is 1. The topological polar surface area (TPSA) is 77.9 Å². The van der Waals surface area contributed by atoms with E-state index in [0.29, 0.717) is 32.4 Å². The summed E-state index contributed by atoms with van der Waals surface area (Å²) in [5.74, 6) is -2.51. The summed E-state index contributed by atoms with van der Waals surface area (Å²) in [5, 5.41) is 9.79. The van der Waals surface area contributed by atoms with Crippen LogP contribution in [-0.2, 0) is 9.59 Å². The van der Waals surface area contributed by atoms with Crippen LogP contribution in [0, 0.1) is 11.2 Å². The quantitative estimate of drug-likeness (QED) is 0.852. The Labute approximate surface area is 155 Å². The van der Waals surface area contributed by atoms with Crippen molar-refractivity contribution in [1.29, 1.82) is 0 Å². The van der Waals surface area contributed by atoms with Gasteiger partial charge in [0.05, 0.1) is 5.56 Å². The summed E-state index contributed by atoms with van der Waals surface area (Å²) in [6, 6.07) is 2.65. The SMILES string of the molecule is CC(=O)N1CCC2(CC1)CC(C(=O)O)N(C(=O)c1cc(Cl)ccc1F)C2. The molecule has 0 radical (unpaired) electrons. The van der Waals surface area contributed by atoms with Gasteiger partial charge < -0.3 is 14.9 Å². The van der Waals surface area contributed by atoms with Crippen LogP contribution in [0.15, 0.2) is 18.2 Å². The molecule has 2 saturated heterocycles. The monoisotopic (exact) mass is 382 g/mol. The Morgan fingerprint density at radius 2 is 1.92 bits per heavy atom. The highest BCUT2D eigenvalue weighted by molar-refractivity contribution is 6.31. The molecule has 0 saturated carbocycles. The normalized spacial score (nSPS) is 21.9. The maximum absolute atomic E-state index is 14.1. The van der Waals surface area contributed by atoms with Crippen molar-refractivity contribution in [3.8, 4) is 0 Å². The van der Waals surface area contributed by atoms with Crippen molar-refractivity contribution < 1.29 is 23.9 Å². The lowest BCUT2D eigenvalue weighted by molar-refractivity contribution is -0.141. The van der Waals surface area contributed by atoms with E-state index < -0.39 is 23.7 Å². The molecule has 2 fully saturated rings. The van der Waals surface area contributed by atoms with Crippen LogP contribution in [0.2, 0.25) is 5.02 Å². The van der Waals surface area contributed by atoms with Crippen molar-refractivity contribution in [2.24, 2.45) is 5.41 Å². The number of benzene rings is 1. The van der Waals surface area contributed by atoms with E-state index in [1.165, 1.54) is 24.0 Å². The third-order valence-corrected chi connectivity index (χ3v) is 5.72. The third-order valence-electron chi connectivity index (χ3n) is 5.48. The first-order valence-electron chi connectivity index (χ1n) is 8.47. The van der Waals surface area contributed by atoms with Crippen LogP contribution in [0.3, 0.4) is 0 Å². The van der Waals surface area contributed by atoms with Crippen molar-refractivity contribution >= 4 is 29.4 Å². The fourth-order valence-electron chi connectivity index (χ4n) is 3.96. The molecule has 0 bridgehead atoms. The minimum absolute atomic E-state index is 0.0124. The lowest BCUT2D eigenvalue weighted by Crippen LogP contribution is -2.44. The number of carbonyl (C=O) groups excluding carboxylic acids is 2. The van der Waals surface area contributed by atoms with E-state index in [1.54, 1.807) is 4.90 Å². The molecular weight excluding hydrogens is 363 g/mol. The fourth-order valence-corrected chi connectivity index (χ4v) is 4.14. The molecule has 1 spiro atoms. The maximum Gasteiger partial charge on any atom is 0.326 e. The van der Waals surface area contributed by atoms with Gasteiger partial charge in [-0.15, -0.1) is 0 Å². The van der Waals surface area contributed by atoms with E-state index >= 15 is 0 Å². The Morgan fingerprint density at radius 3 is 2.50 bits per heavy atom. The lowest BCUT2D eigenvalue weighted by Gasteiger charge is -2.38. The van der Waals surface area contributed by atoms with Crippen LogP contribution in [0.4, 0.5) is 4.39 Å². The first kappa shape index (κ1) is 18.6. The predicted octanol–water partition coefficient (Wildman–Crippen LogP) is 2.41. The van der Waals surface area contributed by atoms with Gasteiger partial charge in [0.1, 0.15) is 11.9 Å². The number of aliphatic carboxylic acids is 1. The predicted molar refractivity (Wildman–Crippen MR) is 92.4 cm³/mol. The van der Waals surface area contributed by atoms with Gasteiger partial charge in [0.15, 0.2) is 0 Å². The molecule has 0 aromatic heterocycles. The van der Waals surface area contributed by atoms with Crippen LogP contribution < -0.4 is 0 Å². The summed E-state index contributed by atoms with van der Waals surface area (Å²) in [6.07, 6.45) is 1.55. The second-order valence-electron chi connectivity index (χ2n) is 7.12. The van der Waals surface area contributed by atoms with Gasteiger partial charge in [-0.1, -0.05) is 11.6 Å². The number of hydrogen-bond acceptors (Lipinski definition) is 3. The lowest BCUT2D eigenvalue weighted by atomic mass is 9.76. The molecule has 1 atom stereocenters. The van der Waals surface area contributed by atoms with Gasteiger partial charge in [-0.25, -0.2) is 9.18 Å². The zero-order valence-electron chi connectivity index (χ0n) is 14.4. The van der Waals surface area contributed by atoms with E-state index in [2.05, 4.69) is 0 Å². The number of hydrogen-bond donors (Lipinski definition) is 1. The largest absolute Gasteiger partial charge is 0.480 e. The van der Waals surface area contributed by atoms with E-state index in [9.17, 15) is 23.9 Å². The number of likely N-dealkylation sites (tertiary alicyclic amines) is 2. The molecular formula is C18H20ClFN2O4. The van der Waals surface area contributed by atoms with Gasteiger partial charge in [0, 0.05) is 31.6 Å². The molecule has 1 aromatic rings. The Bertz CT molecular complexity index is 762. The molecule has 8 heteroatoms. The smallest absolute Gasteiger partial charge is 0.326 e. The van der Waals surface area contributed by atoms with Gasteiger partial charge in [0.25, 0.3) is 5.91 Å². The fraction of sp³-hybridized carbons (Fsp3) is 0.500. The second kappa shape index (κ2) is 6.87. The number of piperidine rings is 1. The molecule has 140 valence electrons. The van der Waals surface area contributed by atoms with E-state index in [1.807, 2.05) is 0 Å². The Balaban J connectivity index is 1.85. The summed E-state index contributed by atoms with van der Waals surface area (Å²) < 4.78 is 14.1. The Morgan fingerprint density at radius 1 is 1.27 bits per heavy atom. The van der Waals surface area contributed by atoms with Crippen LogP contribution in [0.1, 0.15) is 36.5 Å². The second-order valence-corrected chi connectivity index (χ2v) is 7.56. The summed E-state index contributed by atoms with van der Waals surface area (Å²) in [7, 11) is 0. The van der Waals surface area contributed by atoms with E-state index in [0.717, 1.165) is 6.07 Å². The van der Waals surface area contributed by atoms with Crippen molar-refractivity contribution in [3.05, 3.63) is 34.6 Å². The highest BCUT2D eigenvalue weighted by Crippen LogP contribution is 2.44. The van der Waals surface area contributed by atoms with E-state index in [4.69, 9.17) is 11.6 Å². The van der Waals surface area contributed by atoms with Crippen LogP contribution in [0.25, 0.3) is 0 Å². The van der Waals surface area contributed by atoms with Crippen molar-refractivity contribution in [1.82, 2.24) is 9.80 Å². The summed E-state index contributed by atoms with van der Waals surface area (Å²) in [6.45, 7) is 2.81. The zero-order valence-corrected chi connectivity index (χ0v) is 15.1. The summed E-state index contributed by atoms with van der Waals surface area (Å²) in [4.78, 5) is 39.0. The van der Waals surface area contributed by atoms with Crippen LogP contribution in [0.5, 0.6) is 0 Å². The van der Waals surface area contributed by atoms with Gasteiger partial charge >= 0.3 is 5.97 Å². The van der Waals surface area contributed by atoms with Crippen molar-refractivity contribution in [3.63, 3.8) is 0 Å². The number of carboxylic acid groups (broad SMARTS) is 1. The molecule has 2 heterocycles. The zero-order chi connectivity index (χ0) is 19.1. The maximum atomic E-state index is 14.1. The molecule has 2 aliphatic heterocycles. The van der Waals surface area contributed by atoms with Gasteiger partial charge in [0.2, 0.25) is 5.91 Å². The Kier molecular flexibility index (Phi) is 4.92. The van der Waals surface area contributed by atoms with Crippen molar-refractivity contribution in [2.45, 2.75) is 32.2 Å². The molecule has 6 nitrogen and oxygen atoms in total. The number of nitrogens with zero attached hydrogens (tertiary/aromatic N) is 2. The number of amides is 2. The number of rotatable bonds is 2. The van der Waals surface area contributed by atoms with Gasteiger partial charge in [-0.2, -0.15) is 0 Å². The molecule has 26 heavy (non-hydrogen) atoms. The highest BCUT2D eigenvalue weighted by atomic mass is 35.5. The first-order chi connectivity index (χ1) is 12.2. The van der Waals surface area contributed by atoms with E-state index in [-0.39, 0.29) is 28.5 Å². The highest BCUT2D eigenvalue weighted by Gasteiger charge is 2.50. The minimum Gasteiger partial charge on any atom is -0.480 e. The Hall–Kier alpha value is -2.15. The summed E-state index contributed by atoms with van der Waals surface area (Å²) >= 11 is 5.86. The molecule has 1 N–H and O–H groups in total. The first-order valence-corrected chi connectivity index (χ1v) is 8.85. The average Bonchev–Trinajstić information content (AvgIpc) is 2.96. The number of halogens is 2. The average molecular weight is 383 g/mol. The molecule has 3 rings (SSSR count). The molecule has 2 aliphatic rings. The third kappa shape index (κ3) is 3.40. The summed E-state index contributed by atoms with van der Waals surface area (Å²) in [5.41, 5.74) is -0.582. The molecule has 1 unspecified atom stereocenters. The van der Waals surface area contributed by atoms with Crippen LogP contribution in [-0.4, -0.2) is 58.4 Å². The van der Waals surface area contributed by atoms with Gasteiger partial charge in [-0.3, -0.25) is 9.59 Å². The van der Waals surface area contributed by atoms with Crippen LogP contribution >= 0.6 is 11.6 Å². The number of carbonyl (C=O) groups is 3. The molecule has 1 aromatic carbocycles. The molecule has 0 aliphatic carbocycles. The minimum atomic E-state index is -1.10. The standard InChI is InChI=1S/C18H20ClFN2O4/c1-11(23)21-6-4-18(5-7-21)9-15(17(25)26)22(10-18)16(24)13-8-12(19)2-3-14(13)20/h2-3,8,15H,4-7,9-10H2,1H3,(H,25,26). The van der Waals surface area contributed by atoms with Gasteiger partial charge in [-0.05, 0) is 42.9 Å². The molecule has 2 amide bonds. The van der Waals surface area contributed by atoms with Crippen molar-refractivity contribution in [2.75, 3.05) is 19.6 Å².